The van der Waals surface area contributed by atoms with E-state index in [4.69, 9.17) is 33.7 Å². The predicted octanol–water partition coefficient (Wildman–Crippen LogP) is 5.49. The Kier molecular flexibility index (Phi) is 6.76. The minimum absolute atomic E-state index is 0.198. The van der Waals surface area contributed by atoms with E-state index >= 15 is 0 Å². The molecule has 0 saturated carbocycles. The fraction of sp³-hybridized carbons (Fsp3) is 0.368. The zero-order valence-electron chi connectivity index (χ0n) is 13.6. The molecule has 0 aromatic heterocycles. The van der Waals surface area contributed by atoms with Gasteiger partial charge in [0.2, 0.25) is 0 Å². The van der Waals surface area contributed by atoms with Crippen LogP contribution < -0.4 is 10.5 Å². The van der Waals surface area contributed by atoms with Gasteiger partial charge in [0.15, 0.2) is 0 Å². The molecule has 2 N–H and O–H groups in total. The van der Waals surface area contributed by atoms with Gasteiger partial charge in [-0.2, -0.15) is 0 Å². The smallest absolute Gasteiger partial charge is 0.119 e. The van der Waals surface area contributed by atoms with Crippen molar-refractivity contribution in [1.82, 2.24) is 0 Å². The Morgan fingerprint density at radius 2 is 1.61 bits per heavy atom. The van der Waals surface area contributed by atoms with Crippen molar-refractivity contribution in [3.8, 4) is 5.75 Å². The summed E-state index contributed by atoms with van der Waals surface area (Å²) in [5.41, 5.74) is 8.18. The fourth-order valence-corrected chi connectivity index (χ4v) is 3.05. The van der Waals surface area contributed by atoms with Crippen LogP contribution in [-0.4, -0.2) is 6.04 Å². The van der Waals surface area contributed by atoms with E-state index in [0.717, 1.165) is 24.2 Å². The van der Waals surface area contributed by atoms with E-state index < -0.39 is 0 Å². The second kappa shape index (κ2) is 8.58. The van der Waals surface area contributed by atoms with Crippen LogP contribution in [0.5, 0.6) is 5.75 Å². The first-order valence-corrected chi connectivity index (χ1v) is 8.61. The number of ether oxygens (including phenoxy) is 1. The van der Waals surface area contributed by atoms with E-state index in [2.05, 4.69) is 26.0 Å². The molecule has 0 aliphatic heterocycles. The normalized spacial score (nSPS) is 12.4. The van der Waals surface area contributed by atoms with Gasteiger partial charge in [0.1, 0.15) is 12.4 Å². The van der Waals surface area contributed by atoms with Crippen molar-refractivity contribution in [3.05, 3.63) is 63.6 Å². The molecule has 0 amide bonds. The fourth-order valence-electron chi connectivity index (χ4n) is 2.54. The third-order valence-corrected chi connectivity index (χ3v) is 4.35. The summed E-state index contributed by atoms with van der Waals surface area (Å²) in [4.78, 5) is 0. The number of hydrogen-bond acceptors (Lipinski definition) is 2. The lowest BCUT2D eigenvalue weighted by Crippen LogP contribution is -2.24. The predicted molar refractivity (Wildman–Crippen MR) is 98.4 cm³/mol. The molecule has 2 nitrogen and oxygen atoms in total. The summed E-state index contributed by atoms with van der Waals surface area (Å²) in [5.74, 6) is 1.41. The Bertz CT molecular complexity index is 606. The van der Waals surface area contributed by atoms with Crippen molar-refractivity contribution in [2.75, 3.05) is 0 Å². The van der Waals surface area contributed by atoms with Crippen LogP contribution >= 0.6 is 23.2 Å². The summed E-state index contributed by atoms with van der Waals surface area (Å²) in [6, 6.07) is 13.7. The molecule has 23 heavy (non-hydrogen) atoms. The summed E-state index contributed by atoms with van der Waals surface area (Å²) >= 11 is 12.3. The van der Waals surface area contributed by atoms with Gasteiger partial charge in [-0.1, -0.05) is 55.2 Å². The maximum absolute atomic E-state index is 6.15. The van der Waals surface area contributed by atoms with E-state index in [9.17, 15) is 0 Å². The van der Waals surface area contributed by atoms with Gasteiger partial charge in [-0.05, 0) is 48.6 Å². The first kappa shape index (κ1) is 18.1. The minimum Gasteiger partial charge on any atom is -0.489 e. The Hall–Kier alpha value is -1.22. The van der Waals surface area contributed by atoms with E-state index in [-0.39, 0.29) is 6.04 Å². The Morgan fingerprint density at radius 3 is 2.17 bits per heavy atom. The molecule has 0 unspecified atom stereocenters. The van der Waals surface area contributed by atoms with Gasteiger partial charge in [-0.25, -0.2) is 0 Å². The lowest BCUT2D eigenvalue weighted by molar-refractivity contribution is 0.306. The van der Waals surface area contributed by atoms with Crippen LogP contribution in [0.25, 0.3) is 0 Å². The van der Waals surface area contributed by atoms with Gasteiger partial charge in [0.05, 0.1) is 0 Å². The van der Waals surface area contributed by atoms with Crippen molar-refractivity contribution < 1.29 is 4.74 Å². The van der Waals surface area contributed by atoms with E-state index in [0.29, 0.717) is 22.6 Å². The van der Waals surface area contributed by atoms with Crippen LogP contribution in [0.3, 0.4) is 0 Å². The van der Waals surface area contributed by atoms with Crippen LogP contribution in [0.15, 0.2) is 42.5 Å². The van der Waals surface area contributed by atoms with Gasteiger partial charge in [0.25, 0.3) is 0 Å². The van der Waals surface area contributed by atoms with E-state index in [1.165, 1.54) is 5.56 Å². The third-order valence-electron chi connectivity index (χ3n) is 3.64. The lowest BCUT2D eigenvalue weighted by Gasteiger charge is -2.14. The molecule has 124 valence electrons. The highest BCUT2D eigenvalue weighted by Gasteiger charge is 2.08. The highest BCUT2D eigenvalue weighted by Crippen LogP contribution is 2.26. The number of rotatable bonds is 7. The van der Waals surface area contributed by atoms with Crippen LogP contribution in [0.4, 0.5) is 0 Å². The molecule has 4 heteroatoms. The molecule has 2 aromatic carbocycles. The molecule has 2 aromatic rings. The monoisotopic (exact) mass is 351 g/mol. The molecule has 0 aliphatic rings. The molecule has 1 atom stereocenters. The summed E-state index contributed by atoms with van der Waals surface area (Å²) in [6.45, 7) is 4.73. The molecule has 0 aliphatic carbocycles. The van der Waals surface area contributed by atoms with Gasteiger partial charge in [-0.3, -0.25) is 0 Å². The average molecular weight is 352 g/mol. The van der Waals surface area contributed by atoms with Crippen LogP contribution in [0.1, 0.15) is 31.4 Å². The third kappa shape index (κ3) is 5.72. The largest absolute Gasteiger partial charge is 0.489 e. The zero-order chi connectivity index (χ0) is 16.8. The molecular weight excluding hydrogens is 329 g/mol. The van der Waals surface area contributed by atoms with E-state index in [1.807, 2.05) is 30.3 Å². The first-order valence-electron chi connectivity index (χ1n) is 7.86. The van der Waals surface area contributed by atoms with Crippen molar-refractivity contribution in [2.45, 2.75) is 39.3 Å². The molecule has 0 fully saturated rings. The number of benzene rings is 2. The summed E-state index contributed by atoms with van der Waals surface area (Å²) < 4.78 is 5.78. The highest BCUT2D eigenvalue weighted by molar-refractivity contribution is 6.35. The van der Waals surface area contributed by atoms with Crippen LogP contribution in [0, 0.1) is 5.92 Å². The second-order valence-corrected chi connectivity index (χ2v) is 7.04. The molecule has 0 saturated heterocycles. The molecule has 0 heterocycles. The van der Waals surface area contributed by atoms with Gasteiger partial charge in [0, 0.05) is 21.7 Å². The standard InChI is InChI=1S/C19H23Cl2NO/c1-13(2)10-15(22)11-14-6-8-16(9-7-14)23-12-17-18(20)4-3-5-19(17)21/h3-9,13,15H,10-12,22H2,1-2H3/t15-/m1/s1. The Labute approximate surface area is 148 Å². The topological polar surface area (TPSA) is 35.2 Å². The Balaban J connectivity index is 1.92. The maximum Gasteiger partial charge on any atom is 0.119 e. The first-order chi connectivity index (χ1) is 11.0. The summed E-state index contributed by atoms with van der Waals surface area (Å²) in [5, 5.41) is 1.24. The van der Waals surface area contributed by atoms with Gasteiger partial charge in [-0.15, -0.1) is 0 Å². The lowest BCUT2D eigenvalue weighted by atomic mass is 9.98. The van der Waals surface area contributed by atoms with Gasteiger partial charge >= 0.3 is 0 Å². The SMILES string of the molecule is CC(C)C[C@@H](N)Cc1ccc(OCc2c(Cl)cccc2Cl)cc1. The molecule has 0 spiro atoms. The number of halogens is 2. The van der Waals surface area contributed by atoms with Gasteiger partial charge < -0.3 is 10.5 Å². The number of nitrogens with two attached hydrogens (primary N) is 1. The van der Waals surface area contributed by atoms with E-state index in [1.54, 1.807) is 0 Å². The van der Waals surface area contributed by atoms with Crippen LogP contribution in [-0.2, 0) is 13.0 Å². The molecule has 0 radical (unpaired) electrons. The molecule has 0 bridgehead atoms. The second-order valence-electron chi connectivity index (χ2n) is 6.23. The van der Waals surface area contributed by atoms with Crippen molar-refractivity contribution >= 4 is 23.2 Å². The van der Waals surface area contributed by atoms with Crippen molar-refractivity contribution in [1.29, 1.82) is 0 Å². The minimum atomic E-state index is 0.198. The van der Waals surface area contributed by atoms with Crippen LogP contribution in [0.2, 0.25) is 10.0 Å². The quantitative estimate of drug-likeness (QED) is 0.715. The molecular formula is C19H23Cl2NO. The zero-order valence-corrected chi connectivity index (χ0v) is 15.1. The summed E-state index contributed by atoms with van der Waals surface area (Å²) in [6.07, 6.45) is 1.91. The van der Waals surface area contributed by atoms with Crippen molar-refractivity contribution in [2.24, 2.45) is 11.7 Å². The Morgan fingerprint density at radius 1 is 1.00 bits per heavy atom. The molecule has 2 rings (SSSR count). The van der Waals surface area contributed by atoms with Crippen molar-refractivity contribution in [3.63, 3.8) is 0 Å². The maximum atomic E-state index is 6.15. The number of hydrogen-bond donors (Lipinski definition) is 1. The average Bonchev–Trinajstić information content (AvgIpc) is 2.47. The summed E-state index contributed by atoms with van der Waals surface area (Å²) in [7, 11) is 0. The highest BCUT2D eigenvalue weighted by atomic mass is 35.5.